The largest absolute Gasteiger partial charge is 0.203 e. The van der Waals surface area contributed by atoms with Gasteiger partial charge in [0.05, 0.1) is 0 Å². The van der Waals surface area contributed by atoms with Crippen LogP contribution in [0.2, 0.25) is 0 Å². The first-order chi connectivity index (χ1) is 2.77. The molecule has 0 atom stereocenters. The average Bonchev–Trinajstić information content (AvgIpc) is 1.35. The van der Waals surface area contributed by atoms with E-state index in [0.717, 1.165) is 0 Å². The molecule has 0 aromatic carbocycles. The third-order valence-corrected chi connectivity index (χ3v) is 0.343. The molecule has 0 radical (unpaired) electrons. The molecule has 0 saturated carbocycles. The SMILES string of the molecule is CC=C=C(C)F. The number of halogens is 1. The van der Waals surface area contributed by atoms with Gasteiger partial charge in [-0.15, -0.1) is 0 Å². The predicted octanol–water partition coefficient (Wildman–Crippen LogP) is 2.03. The zero-order valence-electron chi connectivity index (χ0n) is 3.96. The Balaban J connectivity index is 3.73. The van der Waals surface area contributed by atoms with Crippen LogP contribution >= 0.6 is 0 Å². The molecule has 0 saturated heterocycles. The predicted molar refractivity (Wildman–Crippen MR) is 24.1 cm³/mol. The van der Waals surface area contributed by atoms with Crippen LogP contribution in [0.25, 0.3) is 0 Å². The second kappa shape index (κ2) is 2.67. The van der Waals surface area contributed by atoms with Crippen LogP contribution in [0.3, 0.4) is 0 Å². The molecule has 0 bridgehead atoms. The Labute approximate surface area is 37.0 Å². The maximum Gasteiger partial charge on any atom is 0.138 e. The van der Waals surface area contributed by atoms with Crippen molar-refractivity contribution in [2.75, 3.05) is 0 Å². The molecule has 0 aromatic heterocycles. The highest BCUT2D eigenvalue weighted by molar-refractivity contribution is 4.85. The van der Waals surface area contributed by atoms with Crippen LogP contribution in [0.4, 0.5) is 4.39 Å². The average molecular weight is 86.1 g/mol. The van der Waals surface area contributed by atoms with Gasteiger partial charge in [0.25, 0.3) is 0 Å². The van der Waals surface area contributed by atoms with Crippen molar-refractivity contribution in [3.05, 3.63) is 17.6 Å². The molecular formula is C5H7F. The lowest BCUT2D eigenvalue weighted by Crippen LogP contribution is -1.45. The molecule has 34 valence electrons. The molecule has 0 aliphatic carbocycles. The maximum atomic E-state index is 11.5. The summed E-state index contributed by atoms with van der Waals surface area (Å²) in [5.41, 5.74) is 2.33. The second-order valence-electron chi connectivity index (χ2n) is 0.966. The van der Waals surface area contributed by atoms with E-state index in [4.69, 9.17) is 0 Å². The van der Waals surface area contributed by atoms with E-state index >= 15 is 0 Å². The highest BCUT2D eigenvalue weighted by atomic mass is 19.1. The Morgan fingerprint density at radius 3 is 2.33 bits per heavy atom. The van der Waals surface area contributed by atoms with E-state index in [9.17, 15) is 4.39 Å². The van der Waals surface area contributed by atoms with Crippen LogP contribution in [0.5, 0.6) is 0 Å². The van der Waals surface area contributed by atoms with Gasteiger partial charge in [0.15, 0.2) is 0 Å². The Morgan fingerprint density at radius 2 is 2.33 bits per heavy atom. The molecular weight excluding hydrogens is 79.1 g/mol. The van der Waals surface area contributed by atoms with Crippen molar-refractivity contribution in [2.24, 2.45) is 0 Å². The fraction of sp³-hybridized carbons (Fsp3) is 0.400. The number of hydrogen-bond acceptors (Lipinski definition) is 0. The standard InChI is InChI=1S/C5H7F/c1-3-4-5(2)6/h3H,1-2H3. The molecule has 0 unspecified atom stereocenters. The molecule has 0 N–H and O–H groups in total. The Bertz CT molecular complexity index is 82.1. The first-order valence-electron chi connectivity index (χ1n) is 1.81. The monoisotopic (exact) mass is 86.1 g/mol. The van der Waals surface area contributed by atoms with Gasteiger partial charge in [0.1, 0.15) is 5.83 Å². The van der Waals surface area contributed by atoms with Crippen molar-refractivity contribution in [3.63, 3.8) is 0 Å². The van der Waals surface area contributed by atoms with E-state index in [1.165, 1.54) is 13.0 Å². The summed E-state index contributed by atoms with van der Waals surface area (Å²) in [6.45, 7) is 3.09. The van der Waals surface area contributed by atoms with Gasteiger partial charge in [-0.2, -0.15) is 0 Å². The summed E-state index contributed by atoms with van der Waals surface area (Å²) in [4.78, 5) is 0. The Morgan fingerprint density at radius 1 is 1.83 bits per heavy atom. The first-order valence-corrected chi connectivity index (χ1v) is 1.81. The van der Waals surface area contributed by atoms with E-state index in [-0.39, 0.29) is 5.83 Å². The van der Waals surface area contributed by atoms with Crippen LogP contribution in [0, 0.1) is 0 Å². The van der Waals surface area contributed by atoms with Crippen molar-refractivity contribution >= 4 is 0 Å². The molecule has 0 aliphatic rings. The van der Waals surface area contributed by atoms with Crippen LogP contribution in [0.15, 0.2) is 17.6 Å². The minimum absolute atomic E-state index is 0.266. The topological polar surface area (TPSA) is 0 Å². The molecule has 0 aliphatic heterocycles. The van der Waals surface area contributed by atoms with Gasteiger partial charge < -0.3 is 0 Å². The number of allylic oxidation sites excluding steroid dienone is 1. The smallest absolute Gasteiger partial charge is 0.138 e. The highest BCUT2D eigenvalue weighted by Gasteiger charge is 1.66. The van der Waals surface area contributed by atoms with Gasteiger partial charge in [-0.3, -0.25) is 0 Å². The minimum atomic E-state index is -0.266. The van der Waals surface area contributed by atoms with Crippen molar-refractivity contribution in [3.8, 4) is 0 Å². The Hall–Kier alpha value is -0.550. The molecule has 0 spiro atoms. The third kappa shape index (κ3) is 3.45. The van der Waals surface area contributed by atoms with E-state index in [1.54, 1.807) is 6.92 Å². The summed E-state index contributed by atoms with van der Waals surface area (Å²) in [7, 11) is 0. The van der Waals surface area contributed by atoms with E-state index in [2.05, 4.69) is 5.73 Å². The fourth-order valence-corrected chi connectivity index (χ4v) is 0.199. The summed E-state index contributed by atoms with van der Waals surface area (Å²) < 4.78 is 11.5. The van der Waals surface area contributed by atoms with Gasteiger partial charge in [0, 0.05) is 0 Å². The summed E-state index contributed by atoms with van der Waals surface area (Å²) in [5, 5.41) is 0. The van der Waals surface area contributed by atoms with Gasteiger partial charge in [-0.25, -0.2) is 4.39 Å². The van der Waals surface area contributed by atoms with E-state index < -0.39 is 0 Å². The maximum absolute atomic E-state index is 11.5. The van der Waals surface area contributed by atoms with E-state index in [1.807, 2.05) is 0 Å². The zero-order valence-corrected chi connectivity index (χ0v) is 3.96. The minimum Gasteiger partial charge on any atom is -0.203 e. The summed E-state index contributed by atoms with van der Waals surface area (Å²) in [5.74, 6) is -0.266. The van der Waals surface area contributed by atoms with Crippen LogP contribution < -0.4 is 0 Å². The number of hydrogen-bond donors (Lipinski definition) is 0. The van der Waals surface area contributed by atoms with Crippen LogP contribution in [-0.4, -0.2) is 0 Å². The summed E-state index contributed by atoms with van der Waals surface area (Å²) in [6, 6.07) is 0. The summed E-state index contributed by atoms with van der Waals surface area (Å²) in [6.07, 6.45) is 1.54. The highest BCUT2D eigenvalue weighted by Crippen LogP contribution is 1.85. The molecule has 0 aromatic rings. The Kier molecular flexibility index (Phi) is 2.43. The van der Waals surface area contributed by atoms with Crippen molar-refractivity contribution in [1.82, 2.24) is 0 Å². The van der Waals surface area contributed by atoms with Gasteiger partial charge in [-0.1, -0.05) is 5.73 Å². The van der Waals surface area contributed by atoms with E-state index in [0.29, 0.717) is 0 Å². The lowest BCUT2D eigenvalue weighted by atomic mass is 10.6. The second-order valence-corrected chi connectivity index (χ2v) is 0.966. The van der Waals surface area contributed by atoms with Crippen molar-refractivity contribution in [2.45, 2.75) is 13.8 Å². The lowest BCUT2D eigenvalue weighted by Gasteiger charge is -1.64. The summed E-state index contributed by atoms with van der Waals surface area (Å²) >= 11 is 0. The molecule has 1 heteroatoms. The van der Waals surface area contributed by atoms with Gasteiger partial charge >= 0.3 is 0 Å². The zero-order chi connectivity index (χ0) is 4.99. The quantitative estimate of drug-likeness (QED) is 0.396. The lowest BCUT2D eigenvalue weighted by molar-refractivity contribution is 0.643. The van der Waals surface area contributed by atoms with Gasteiger partial charge in [0.2, 0.25) is 0 Å². The molecule has 0 nitrogen and oxygen atoms in total. The van der Waals surface area contributed by atoms with Crippen molar-refractivity contribution in [1.29, 1.82) is 0 Å². The van der Waals surface area contributed by atoms with Crippen LogP contribution in [0.1, 0.15) is 13.8 Å². The molecule has 0 heterocycles. The third-order valence-electron chi connectivity index (χ3n) is 0.343. The number of rotatable bonds is 0. The van der Waals surface area contributed by atoms with Crippen LogP contribution in [-0.2, 0) is 0 Å². The molecule has 0 rings (SSSR count). The normalized spacial score (nSPS) is 6.50. The fourth-order valence-electron chi connectivity index (χ4n) is 0.199. The van der Waals surface area contributed by atoms with Crippen molar-refractivity contribution < 1.29 is 4.39 Å². The van der Waals surface area contributed by atoms with Gasteiger partial charge in [-0.05, 0) is 19.9 Å². The molecule has 0 fully saturated rings. The first kappa shape index (κ1) is 5.45. The molecule has 0 amide bonds. The molecule has 6 heavy (non-hydrogen) atoms.